The Labute approximate surface area is 115 Å². The third kappa shape index (κ3) is 3.00. The lowest BCUT2D eigenvalue weighted by molar-refractivity contribution is 0.612. The molecule has 2 nitrogen and oxygen atoms in total. The van der Waals surface area contributed by atoms with E-state index in [4.69, 9.17) is 0 Å². The van der Waals surface area contributed by atoms with Gasteiger partial charge in [-0.3, -0.25) is 0 Å². The summed E-state index contributed by atoms with van der Waals surface area (Å²) in [5.41, 5.74) is 2.15. The van der Waals surface area contributed by atoms with Crippen molar-refractivity contribution in [1.29, 1.82) is 0 Å². The lowest BCUT2D eigenvalue weighted by Gasteiger charge is -2.11. The average molecular weight is 311 g/mol. The van der Waals surface area contributed by atoms with E-state index in [0.29, 0.717) is 11.0 Å². The zero-order chi connectivity index (χ0) is 13.0. The SMILES string of the molecule is CCNCc1cccn1Cc1cccc(F)c1Br. The molecule has 1 aromatic carbocycles. The molecule has 0 bridgehead atoms. The van der Waals surface area contributed by atoms with Gasteiger partial charge in [-0.25, -0.2) is 4.39 Å². The van der Waals surface area contributed by atoms with E-state index in [1.54, 1.807) is 6.07 Å². The normalized spacial score (nSPS) is 10.8. The molecule has 2 aromatic rings. The smallest absolute Gasteiger partial charge is 0.137 e. The first-order valence-electron chi connectivity index (χ1n) is 6.00. The van der Waals surface area contributed by atoms with E-state index in [9.17, 15) is 4.39 Å². The summed E-state index contributed by atoms with van der Waals surface area (Å²) in [6.07, 6.45) is 2.02. The minimum atomic E-state index is -0.215. The molecule has 0 spiro atoms. The molecule has 0 amide bonds. The standard InChI is InChI=1S/C14H16BrFN2/c1-2-17-9-12-6-4-8-18(12)10-11-5-3-7-13(16)14(11)15/h3-8,17H,2,9-10H2,1H3. The van der Waals surface area contributed by atoms with Gasteiger partial charge in [0, 0.05) is 25.0 Å². The quantitative estimate of drug-likeness (QED) is 0.893. The molecule has 1 N–H and O–H groups in total. The zero-order valence-corrected chi connectivity index (χ0v) is 11.9. The number of nitrogens with zero attached hydrogens (tertiary/aromatic N) is 1. The molecule has 1 heterocycles. The number of benzene rings is 1. The van der Waals surface area contributed by atoms with Crippen LogP contribution in [-0.4, -0.2) is 11.1 Å². The number of hydrogen-bond donors (Lipinski definition) is 1. The van der Waals surface area contributed by atoms with Crippen molar-refractivity contribution in [3.63, 3.8) is 0 Å². The van der Waals surface area contributed by atoms with Gasteiger partial charge in [-0.2, -0.15) is 0 Å². The Kier molecular flexibility index (Phi) is 4.55. The fourth-order valence-electron chi connectivity index (χ4n) is 1.87. The van der Waals surface area contributed by atoms with E-state index in [1.165, 1.54) is 11.8 Å². The van der Waals surface area contributed by atoms with Gasteiger partial charge in [-0.15, -0.1) is 0 Å². The van der Waals surface area contributed by atoms with Crippen LogP contribution >= 0.6 is 15.9 Å². The molecule has 1 aromatic heterocycles. The monoisotopic (exact) mass is 310 g/mol. The second-order valence-corrected chi connectivity index (χ2v) is 4.91. The maximum Gasteiger partial charge on any atom is 0.137 e. The largest absolute Gasteiger partial charge is 0.346 e. The Bertz CT molecular complexity index is 522. The summed E-state index contributed by atoms with van der Waals surface area (Å²) in [4.78, 5) is 0. The molecule has 0 saturated heterocycles. The molecular formula is C14H16BrFN2. The molecule has 96 valence electrons. The Balaban J connectivity index is 2.18. The molecule has 0 radical (unpaired) electrons. The van der Waals surface area contributed by atoms with Crippen LogP contribution in [0.5, 0.6) is 0 Å². The summed E-state index contributed by atoms with van der Waals surface area (Å²) in [5.74, 6) is -0.215. The second kappa shape index (κ2) is 6.16. The van der Waals surface area contributed by atoms with Gasteiger partial charge in [0.05, 0.1) is 4.47 Å². The van der Waals surface area contributed by atoms with Crippen LogP contribution in [-0.2, 0) is 13.1 Å². The topological polar surface area (TPSA) is 17.0 Å². The van der Waals surface area contributed by atoms with Gasteiger partial charge in [0.1, 0.15) is 5.82 Å². The van der Waals surface area contributed by atoms with Crippen LogP contribution in [0.3, 0.4) is 0 Å². The number of halogens is 2. The van der Waals surface area contributed by atoms with Crippen molar-refractivity contribution in [1.82, 2.24) is 9.88 Å². The number of hydrogen-bond acceptors (Lipinski definition) is 1. The van der Waals surface area contributed by atoms with E-state index in [1.807, 2.05) is 18.3 Å². The first-order chi connectivity index (χ1) is 8.72. The summed E-state index contributed by atoms with van der Waals surface area (Å²) in [7, 11) is 0. The Morgan fingerprint density at radius 3 is 2.89 bits per heavy atom. The molecule has 0 aliphatic heterocycles. The molecule has 0 aliphatic rings. The Morgan fingerprint density at radius 1 is 1.28 bits per heavy atom. The van der Waals surface area contributed by atoms with Crippen LogP contribution in [0.1, 0.15) is 18.2 Å². The van der Waals surface area contributed by atoms with Gasteiger partial charge in [-0.1, -0.05) is 19.1 Å². The van der Waals surface area contributed by atoms with Gasteiger partial charge in [0.25, 0.3) is 0 Å². The highest BCUT2D eigenvalue weighted by Crippen LogP contribution is 2.21. The van der Waals surface area contributed by atoms with Gasteiger partial charge < -0.3 is 9.88 Å². The molecule has 18 heavy (non-hydrogen) atoms. The zero-order valence-electron chi connectivity index (χ0n) is 10.3. The molecular weight excluding hydrogens is 295 g/mol. The predicted molar refractivity (Wildman–Crippen MR) is 75.0 cm³/mol. The lowest BCUT2D eigenvalue weighted by atomic mass is 10.2. The molecule has 0 saturated carbocycles. The highest BCUT2D eigenvalue weighted by Gasteiger charge is 2.07. The Morgan fingerprint density at radius 2 is 2.11 bits per heavy atom. The second-order valence-electron chi connectivity index (χ2n) is 4.12. The van der Waals surface area contributed by atoms with Gasteiger partial charge >= 0.3 is 0 Å². The fourth-order valence-corrected chi connectivity index (χ4v) is 2.26. The fraction of sp³-hybridized carbons (Fsp3) is 0.286. The third-order valence-electron chi connectivity index (χ3n) is 2.85. The van der Waals surface area contributed by atoms with E-state index >= 15 is 0 Å². The van der Waals surface area contributed by atoms with E-state index in [-0.39, 0.29) is 5.82 Å². The first kappa shape index (κ1) is 13.3. The van der Waals surface area contributed by atoms with Crippen molar-refractivity contribution >= 4 is 15.9 Å². The summed E-state index contributed by atoms with van der Waals surface area (Å²) in [5, 5.41) is 3.30. The first-order valence-corrected chi connectivity index (χ1v) is 6.79. The summed E-state index contributed by atoms with van der Waals surface area (Å²) in [6, 6.07) is 9.23. The molecule has 0 aliphatic carbocycles. The highest BCUT2D eigenvalue weighted by atomic mass is 79.9. The molecule has 0 fully saturated rings. The van der Waals surface area contributed by atoms with Crippen molar-refractivity contribution < 1.29 is 4.39 Å². The van der Waals surface area contributed by atoms with Crippen LogP contribution in [0.25, 0.3) is 0 Å². The van der Waals surface area contributed by atoms with Crippen LogP contribution in [0.4, 0.5) is 4.39 Å². The van der Waals surface area contributed by atoms with E-state index in [0.717, 1.165) is 18.7 Å². The van der Waals surface area contributed by atoms with Crippen LogP contribution in [0, 0.1) is 5.82 Å². The van der Waals surface area contributed by atoms with Gasteiger partial charge in [0.15, 0.2) is 0 Å². The van der Waals surface area contributed by atoms with Crippen molar-refractivity contribution in [2.45, 2.75) is 20.0 Å². The third-order valence-corrected chi connectivity index (χ3v) is 3.74. The van der Waals surface area contributed by atoms with Crippen molar-refractivity contribution in [2.75, 3.05) is 6.54 Å². The van der Waals surface area contributed by atoms with Crippen molar-refractivity contribution in [3.05, 3.63) is 58.1 Å². The average Bonchev–Trinajstić information content (AvgIpc) is 2.80. The molecule has 0 atom stereocenters. The maximum atomic E-state index is 13.4. The minimum absolute atomic E-state index is 0.215. The van der Waals surface area contributed by atoms with Gasteiger partial charge in [0.2, 0.25) is 0 Å². The molecule has 0 unspecified atom stereocenters. The van der Waals surface area contributed by atoms with E-state index in [2.05, 4.69) is 38.8 Å². The van der Waals surface area contributed by atoms with Gasteiger partial charge in [-0.05, 0) is 46.2 Å². The highest BCUT2D eigenvalue weighted by molar-refractivity contribution is 9.10. The van der Waals surface area contributed by atoms with Crippen LogP contribution in [0.2, 0.25) is 0 Å². The van der Waals surface area contributed by atoms with Crippen molar-refractivity contribution in [2.24, 2.45) is 0 Å². The minimum Gasteiger partial charge on any atom is -0.346 e. The van der Waals surface area contributed by atoms with Crippen molar-refractivity contribution in [3.8, 4) is 0 Å². The van der Waals surface area contributed by atoms with Crippen LogP contribution in [0.15, 0.2) is 41.0 Å². The Hall–Kier alpha value is -1.13. The lowest BCUT2D eigenvalue weighted by Crippen LogP contribution is -2.15. The number of nitrogens with one attached hydrogen (secondary N) is 1. The summed E-state index contributed by atoms with van der Waals surface area (Å²) < 4.78 is 16.1. The summed E-state index contributed by atoms with van der Waals surface area (Å²) in [6.45, 7) is 4.52. The predicted octanol–water partition coefficient (Wildman–Crippen LogP) is 3.55. The number of rotatable bonds is 5. The molecule has 4 heteroatoms. The number of aromatic nitrogens is 1. The van der Waals surface area contributed by atoms with E-state index < -0.39 is 0 Å². The van der Waals surface area contributed by atoms with Crippen LogP contribution < -0.4 is 5.32 Å². The summed E-state index contributed by atoms with van der Waals surface area (Å²) >= 11 is 3.30. The maximum absolute atomic E-state index is 13.4. The molecule has 2 rings (SSSR count).